The minimum atomic E-state index is -0.361. The fourth-order valence-electron chi connectivity index (χ4n) is 4.04. The van der Waals surface area contributed by atoms with Crippen LogP contribution in [0.1, 0.15) is 64.6 Å². The molecule has 3 rings (SSSR count). The van der Waals surface area contributed by atoms with Gasteiger partial charge in [-0.1, -0.05) is 31.5 Å². The fraction of sp³-hybridized carbons (Fsp3) is 0.800. The average molecular weight is 424 g/mol. The summed E-state index contributed by atoms with van der Waals surface area (Å²) in [6.45, 7) is 5.52. The number of hydrogen-bond acceptors (Lipinski definition) is 6. The minimum Gasteiger partial charge on any atom is -0.376 e. The molecule has 2 aliphatic rings. The van der Waals surface area contributed by atoms with Crippen LogP contribution in [0.4, 0.5) is 0 Å². The summed E-state index contributed by atoms with van der Waals surface area (Å²) >= 11 is 1.41. The third kappa shape index (κ3) is 6.18. The summed E-state index contributed by atoms with van der Waals surface area (Å²) in [5.74, 6) is 0.920. The number of nitrogens with one attached hydrogen (secondary N) is 1. The molecule has 29 heavy (non-hydrogen) atoms. The van der Waals surface area contributed by atoms with Gasteiger partial charge in [-0.2, -0.15) is 0 Å². The lowest BCUT2D eigenvalue weighted by Gasteiger charge is -2.30. The van der Waals surface area contributed by atoms with Crippen LogP contribution in [-0.4, -0.2) is 50.6 Å². The van der Waals surface area contributed by atoms with Crippen LogP contribution in [0.3, 0.4) is 0 Å². The molecule has 3 N–H and O–H groups in total. The Labute approximate surface area is 176 Å². The van der Waals surface area contributed by atoms with E-state index >= 15 is 0 Å². The van der Waals surface area contributed by atoms with Crippen molar-refractivity contribution in [1.29, 1.82) is 0 Å². The highest BCUT2D eigenvalue weighted by molar-refractivity contribution is 8.00. The van der Waals surface area contributed by atoms with Gasteiger partial charge in [0.05, 0.1) is 17.9 Å². The Bertz CT molecular complexity index is 704. The molecule has 0 bridgehead atoms. The summed E-state index contributed by atoms with van der Waals surface area (Å²) in [6.07, 6.45) is 7.47. The van der Waals surface area contributed by atoms with Crippen molar-refractivity contribution >= 4 is 23.6 Å². The molecule has 1 aliphatic carbocycles. The van der Waals surface area contributed by atoms with Crippen LogP contribution >= 0.6 is 11.8 Å². The SMILES string of the molecule is CC(Sc1nnc(CCC(N)=O)n1CC1CCCO1)C(=O)NC1CCCCC1C. The number of aromatic nitrogens is 3. The van der Waals surface area contributed by atoms with Gasteiger partial charge in [0, 0.05) is 25.5 Å². The number of thioether (sulfide) groups is 1. The Kier molecular flexibility index (Phi) is 7.94. The molecule has 0 radical (unpaired) electrons. The summed E-state index contributed by atoms with van der Waals surface area (Å²) < 4.78 is 7.77. The van der Waals surface area contributed by atoms with E-state index in [2.05, 4.69) is 22.4 Å². The van der Waals surface area contributed by atoms with Crippen molar-refractivity contribution in [2.24, 2.45) is 11.7 Å². The molecule has 1 aromatic heterocycles. The van der Waals surface area contributed by atoms with Gasteiger partial charge in [0.2, 0.25) is 11.8 Å². The zero-order valence-corrected chi connectivity index (χ0v) is 18.2. The first-order chi connectivity index (χ1) is 13.9. The number of hydrogen-bond donors (Lipinski definition) is 2. The molecule has 1 aliphatic heterocycles. The Balaban J connectivity index is 1.65. The molecular weight excluding hydrogens is 390 g/mol. The topological polar surface area (TPSA) is 112 Å². The van der Waals surface area contributed by atoms with E-state index < -0.39 is 0 Å². The zero-order chi connectivity index (χ0) is 20.8. The lowest BCUT2D eigenvalue weighted by atomic mass is 9.86. The van der Waals surface area contributed by atoms with Crippen molar-refractivity contribution in [3.05, 3.63) is 5.82 Å². The third-order valence-corrected chi connectivity index (χ3v) is 6.97. The second-order valence-corrected chi connectivity index (χ2v) is 9.56. The van der Waals surface area contributed by atoms with E-state index in [9.17, 15) is 9.59 Å². The van der Waals surface area contributed by atoms with Crippen LogP contribution in [0.15, 0.2) is 5.16 Å². The Hall–Kier alpha value is -1.61. The smallest absolute Gasteiger partial charge is 0.233 e. The highest BCUT2D eigenvalue weighted by Gasteiger charge is 2.27. The molecule has 0 aromatic carbocycles. The molecule has 162 valence electrons. The van der Waals surface area contributed by atoms with Crippen LogP contribution < -0.4 is 11.1 Å². The van der Waals surface area contributed by atoms with E-state index in [4.69, 9.17) is 10.5 Å². The lowest BCUT2D eigenvalue weighted by molar-refractivity contribution is -0.121. The zero-order valence-electron chi connectivity index (χ0n) is 17.4. The van der Waals surface area contributed by atoms with Gasteiger partial charge in [0.15, 0.2) is 5.16 Å². The highest BCUT2D eigenvalue weighted by atomic mass is 32.2. The minimum absolute atomic E-state index is 0.0408. The standard InChI is InChI=1S/C20H33N5O3S/c1-13-6-3-4-8-16(13)22-19(27)14(2)29-20-24-23-18(10-9-17(21)26)25(20)12-15-7-5-11-28-15/h13-16H,3-12H2,1-2H3,(H2,21,26)(H,22,27). The van der Waals surface area contributed by atoms with Gasteiger partial charge in [0.1, 0.15) is 5.82 Å². The molecule has 2 amide bonds. The van der Waals surface area contributed by atoms with Crippen LogP contribution in [0, 0.1) is 5.92 Å². The largest absolute Gasteiger partial charge is 0.376 e. The molecule has 0 spiro atoms. The number of nitrogens with two attached hydrogens (primary N) is 1. The predicted molar refractivity (Wildman–Crippen MR) is 111 cm³/mol. The van der Waals surface area contributed by atoms with Gasteiger partial charge in [-0.25, -0.2) is 0 Å². The van der Waals surface area contributed by atoms with Crippen molar-refractivity contribution in [3.8, 4) is 0 Å². The number of aryl methyl sites for hydroxylation is 1. The van der Waals surface area contributed by atoms with Crippen LogP contribution in [0.2, 0.25) is 0 Å². The quantitative estimate of drug-likeness (QED) is 0.588. The molecule has 1 saturated heterocycles. The van der Waals surface area contributed by atoms with Gasteiger partial charge < -0.3 is 20.4 Å². The number of carbonyl (C=O) groups excluding carboxylic acids is 2. The maximum atomic E-state index is 12.8. The monoisotopic (exact) mass is 423 g/mol. The van der Waals surface area contributed by atoms with E-state index in [1.807, 2.05) is 11.5 Å². The van der Waals surface area contributed by atoms with E-state index in [0.717, 1.165) is 31.7 Å². The van der Waals surface area contributed by atoms with Crippen LogP contribution in [0.5, 0.6) is 0 Å². The molecule has 1 aromatic rings. The predicted octanol–water partition coefficient (Wildman–Crippen LogP) is 2.05. The second kappa shape index (κ2) is 10.4. The van der Waals surface area contributed by atoms with Gasteiger partial charge in [-0.3, -0.25) is 9.59 Å². The number of rotatable bonds is 9. The van der Waals surface area contributed by atoms with Crippen molar-refractivity contribution in [2.45, 2.75) is 94.3 Å². The number of carbonyl (C=O) groups is 2. The first-order valence-corrected chi connectivity index (χ1v) is 11.6. The van der Waals surface area contributed by atoms with Gasteiger partial charge in [-0.15, -0.1) is 10.2 Å². The molecular formula is C20H33N5O3S. The Morgan fingerprint density at radius 3 is 2.76 bits per heavy atom. The van der Waals surface area contributed by atoms with Crippen molar-refractivity contribution in [3.63, 3.8) is 0 Å². The molecule has 4 unspecified atom stereocenters. The van der Waals surface area contributed by atoms with Gasteiger partial charge >= 0.3 is 0 Å². The molecule has 8 nitrogen and oxygen atoms in total. The summed E-state index contributed by atoms with van der Waals surface area (Å²) in [5.41, 5.74) is 5.30. The molecule has 9 heteroatoms. The molecule has 2 fully saturated rings. The summed E-state index contributed by atoms with van der Waals surface area (Å²) in [4.78, 5) is 24.0. The summed E-state index contributed by atoms with van der Waals surface area (Å²) in [7, 11) is 0. The average Bonchev–Trinajstić information content (AvgIpc) is 3.33. The normalized spacial score (nSPS) is 25.7. The van der Waals surface area contributed by atoms with E-state index in [0.29, 0.717) is 24.0 Å². The number of ether oxygens (including phenoxy) is 1. The van der Waals surface area contributed by atoms with E-state index in [-0.39, 0.29) is 35.6 Å². The first kappa shape index (κ1) is 22.1. The maximum absolute atomic E-state index is 12.8. The Morgan fingerprint density at radius 2 is 2.07 bits per heavy atom. The Morgan fingerprint density at radius 1 is 1.28 bits per heavy atom. The van der Waals surface area contributed by atoms with Crippen molar-refractivity contribution in [2.75, 3.05) is 6.61 Å². The third-order valence-electron chi connectivity index (χ3n) is 5.89. The number of nitrogens with zero attached hydrogens (tertiary/aromatic N) is 3. The summed E-state index contributed by atoms with van der Waals surface area (Å²) in [5, 5.41) is 12.2. The number of amides is 2. The van der Waals surface area contributed by atoms with E-state index in [1.165, 1.54) is 31.0 Å². The molecule has 2 heterocycles. The maximum Gasteiger partial charge on any atom is 0.233 e. The van der Waals surface area contributed by atoms with Crippen LogP contribution in [-0.2, 0) is 27.3 Å². The second-order valence-electron chi connectivity index (χ2n) is 8.25. The first-order valence-electron chi connectivity index (χ1n) is 10.7. The molecule has 4 atom stereocenters. The highest BCUT2D eigenvalue weighted by Crippen LogP contribution is 2.27. The van der Waals surface area contributed by atoms with Crippen molar-refractivity contribution < 1.29 is 14.3 Å². The van der Waals surface area contributed by atoms with Crippen LogP contribution in [0.25, 0.3) is 0 Å². The van der Waals surface area contributed by atoms with E-state index in [1.54, 1.807) is 0 Å². The van der Waals surface area contributed by atoms with Gasteiger partial charge in [0.25, 0.3) is 0 Å². The van der Waals surface area contributed by atoms with Gasteiger partial charge in [-0.05, 0) is 38.5 Å². The fourth-order valence-corrected chi connectivity index (χ4v) is 4.93. The summed E-state index contributed by atoms with van der Waals surface area (Å²) in [6, 6.07) is 0.259. The van der Waals surface area contributed by atoms with Crippen molar-refractivity contribution in [1.82, 2.24) is 20.1 Å². The lowest BCUT2D eigenvalue weighted by Crippen LogP contribution is -2.44. The molecule has 1 saturated carbocycles. The number of primary amides is 1.